The molecule has 2 aromatic rings. The van der Waals surface area contributed by atoms with Gasteiger partial charge in [-0.1, -0.05) is 11.3 Å². The Balaban J connectivity index is 2.23. The monoisotopic (exact) mass is 249 g/mol. The summed E-state index contributed by atoms with van der Waals surface area (Å²) in [5, 5.41) is 14.5. The van der Waals surface area contributed by atoms with Gasteiger partial charge < -0.3 is 5.32 Å². The number of non-ortho nitro benzene ring substituents is 1. The molecule has 0 radical (unpaired) electrons. The van der Waals surface area contributed by atoms with Crippen molar-refractivity contribution in [1.82, 2.24) is 4.98 Å². The van der Waals surface area contributed by atoms with Crippen molar-refractivity contribution in [2.24, 2.45) is 0 Å². The van der Waals surface area contributed by atoms with Gasteiger partial charge in [0, 0.05) is 24.9 Å². The molecule has 1 N–H and O–H groups in total. The van der Waals surface area contributed by atoms with Crippen LogP contribution in [0.25, 0.3) is 10.4 Å². The van der Waals surface area contributed by atoms with Gasteiger partial charge in [0.2, 0.25) is 0 Å². The van der Waals surface area contributed by atoms with Gasteiger partial charge in [0.1, 0.15) is 0 Å². The lowest BCUT2D eigenvalue weighted by molar-refractivity contribution is -0.384. The maximum Gasteiger partial charge on any atom is 0.269 e. The maximum absolute atomic E-state index is 10.5. The predicted molar refractivity (Wildman–Crippen MR) is 68.4 cm³/mol. The summed E-state index contributed by atoms with van der Waals surface area (Å²) in [5.41, 5.74) is 1.04. The quantitative estimate of drug-likeness (QED) is 0.667. The van der Waals surface area contributed by atoms with Gasteiger partial charge in [0.25, 0.3) is 5.69 Å². The number of nitrogens with zero attached hydrogens (tertiary/aromatic N) is 2. The molecule has 6 heteroatoms. The van der Waals surface area contributed by atoms with E-state index in [9.17, 15) is 10.1 Å². The number of hydrogen-bond donors (Lipinski definition) is 1. The number of rotatable bonds is 4. The highest BCUT2D eigenvalue weighted by molar-refractivity contribution is 7.18. The number of nitrogens with one attached hydrogen (secondary N) is 1. The zero-order valence-corrected chi connectivity index (χ0v) is 10.0. The van der Waals surface area contributed by atoms with Crippen LogP contribution in [0.2, 0.25) is 0 Å². The molecule has 0 aliphatic rings. The van der Waals surface area contributed by atoms with Gasteiger partial charge in [0.15, 0.2) is 5.13 Å². The zero-order valence-electron chi connectivity index (χ0n) is 9.21. The van der Waals surface area contributed by atoms with Crippen LogP contribution in [-0.2, 0) is 0 Å². The summed E-state index contributed by atoms with van der Waals surface area (Å²) >= 11 is 1.53. The first-order valence-corrected chi connectivity index (χ1v) is 5.97. The van der Waals surface area contributed by atoms with Crippen molar-refractivity contribution in [2.75, 3.05) is 11.9 Å². The molecule has 0 unspecified atom stereocenters. The van der Waals surface area contributed by atoms with Crippen LogP contribution in [0.1, 0.15) is 6.92 Å². The third-order valence-corrected chi connectivity index (χ3v) is 3.20. The second kappa shape index (κ2) is 4.92. The van der Waals surface area contributed by atoms with Crippen molar-refractivity contribution in [1.29, 1.82) is 0 Å². The molecule has 0 saturated carbocycles. The van der Waals surface area contributed by atoms with Gasteiger partial charge in [-0.2, -0.15) is 0 Å². The van der Waals surface area contributed by atoms with E-state index in [1.54, 1.807) is 18.3 Å². The summed E-state index contributed by atoms with van der Waals surface area (Å²) in [6.07, 6.45) is 1.77. The Hall–Kier alpha value is -1.95. The van der Waals surface area contributed by atoms with Crippen molar-refractivity contribution in [2.45, 2.75) is 6.92 Å². The van der Waals surface area contributed by atoms with Crippen LogP contribution in [-0.4, -0.2) is 16.5 Å². The Bertz CT molecular complexity index is 522. The number of nitro benzene ring substituents is 1. The van der Waals surface area contributed by atoms with Crippen LogP contribution in [0.3, 0.4) is 0 Å². The van der Waals surface area contributed by atoms with E-state index < -0.39 is 4.92 Å². The molecule has 1 heterocycles. The third-order valence-electron chi connectivity index (χ3n) is 2.20. The molecule has 88 valence electrons. The number of hydrogen-bond acceptors (Lipinski definition) is 5. The van der Waals surface area contributed by atoms with Crippen molar-refractivity contribution in [3.8, 4) is 10.4 Å². The summed E-state index contributed by atoms with van der Waals surface area (Å²) < 4.78 is 0. The minimum Gasteiger partial charge on any atom is -0.362 e. The van der Waals surface area contributed by atoms with E-state index in [1.165, 1.54) is 23.5 Å². The largest absolute Gasteiger partial charge is 0.362 e. The molecule has 0 bridgehead atoms. The standard InChI is InChI=1S/C11H11N3O2S/c1-2-12-11-13-7-10(17-11)8-3-5-9(6-4-8)14(15)16/h3-7H,2H2,1H3,(H,12,13). The van der Waals surface area contributed by atoms with E-state index >= 15 is 0 Å². The van der Waals surface area contributed by atoms with Crippen molar-refractivity contribution in [3.05, 3.63) is 40.6 Å². The first-order valence-electron chi connectivity index (χ1n) is 5.15. The van der Waals surface area contributed by atoms with Crippen LogP contribution in [0.15, 0.2) is 30.5 Å². The van der Waals surface area contributed by atoms with Gasteiger partial charge in [-0.3, -0.25) is 10.1 Å². The van der Waals surface area contributed by atoms with Crippen molar-refractivity contribution >= 4 is 22.2 Å². The first kappa shape index (κ1) is 11.5. The fraction of sp³-hybridized carbons (Fsp3) is 0.182. The van der Waals surface area contributed by atoms with Crippen LogP contribution >= 0.6 is 11.3 Å². The van der Waals surface area contributed by atoms with E-state index in [1.807, 2.05) is 6.92 Å². The summed E-state index contributed by atoms with van der Waals surface area (Å²) in [7, 11) is 0. The van der Waals surface area contributed by atoms with E-state index in [2.05, 4.69) is 10.3 Å². The van der Waals surface area contributed by atoms with E-state index in [0.29, 0.717) is 0 Å². The number of nitro groups is 1. The highest BCUT2D eigenvalue weighted by Gasteiger charge is 2.07. The molecule has 17 heavy (non-hydrogen) atoms. The summed E-state index contributed by atoms with van der Waals surface area (Å²) in [5.74, 6) is 0. The molecule has 0 fully saturated rings. The molecular weight excluding hydrogens is 238 g/mol. The van der Waals surface area contributed by atoms with Crippen LogP contribution < -0.4 is 5.32 Å². The lowest BCUT2D eigenvalue weighted by Crippen LogP contribution is -1.94. The average molecular weight is 249 g/mol. The summed E-state index contributed by atoms with van der Waals surface area (Å²) in [6.45, 7) is 2.83. The number of thiazole rings is 1. The summed E-state index contributed by atoms with van der Waals surface area (Å²) in [4.78, 5) is 15.3. The van der Waals surface area contributed by atoms with E-state index in [-0.39, 0.29) is 5.69 Å². The minimum absolute atomic E-state index is 0.102. The molecular formula is C11H11N3O2S. The van der Waals surface area contributed by atoms with Gasteiger partial charge in [-0.25, -0.2) is 4.98 Å². The Morgan fingerprint density at radius 1 is 1.41 bits per heavy atom. The molecule has 0 spiro atoms. The molecule has 1 aromatic heterocycles. The molecule has 0 saturated heterocycles. The number of anilines is 1. The highest BCUT2D eigenvalue weighted by Crippen LogP contribution is 2.29. The lowest BCUT2D eigenvalue weighted by atomic mass is 10.2. The molecule has 2 rings (SSSR count). The molecule has 0 aliphatic heterocycles. The molecule has 0 aliphatic carbocycles. The molecule has 5 nitrogen and oxygen atoms in total. The first-order chi connectivity index (χ1) is 8.20. The minimum atomic E-state index is -0.402. The Morgan fingerprint density at radius 3 is 2.71 bits per heavy atom. The second-order valence-electron chi connectivity index (χ2n) is 3.36. The fourth-order valence-corrected chi connectivity index (χ4v) is 2.28. The number of aromatic nitrogens is 1. The van der Waals surface area contributed by atoms with Crippen molar-refractivity contribution < 1.29 is 4.92 Å². The van der Waals surface area contributed by atoms with E-state index in [4.69, 9.17) is 0 Å². The third kappa shape index (κ3) is 2.59. The topological polar surface area (TPSA) is 68.1 Å². The van der Waals surface area contributed by atoms with Gasteiger partial charge >= 0.3 is 0 Å². The SMILES string of the molecule is CCNc1ncc(-c2ccc([N+](=O)[O-])cc2)s1. The molecule has 0 amide bonds. The van der Waals surface area contributed by atoms with Crippen LogP contribution in [0.4, 0.5) is 10.8 Å². The summed E-state index contributed by atoms with van der Waals surface area (Å²) in [6, 6.07) is 6.48. The maximum atomic E-state index is 10.5. The van der Waals surface area contributed by atoms with Gasteiger partial charge in [0.05, 0.1) is 9.80 Å². The Labute approximate surface area is 102 Å². The molecule has 0 atom stereocenters. The van der Waals surface area contributed by atoms with Gasteiger partial charge in [-0.05, 0) is 24.6 Å². The smallest absolute Gasteiger partial charge is 0.269 e. The Kier molecular flexibility index (Phi) is 3.34. The van der Waals surface area contributed by atoms with Crippen molar-refractivity contribution in [3.63, 3.8) is 0 Å². The fourth-order valence-electron chi connectivity index (χ4n) is 1.39. The van der Waals surface area contributed by atoms with E-state index in [0.717, 1.165) is 22.1 Å². The highest BCUT2D eigenvalue weighted by atomic mass is 32.1. The Morgan fingerprint density at radius 2 is 2.12 bits per heavy atom. The average Bonchev–Trinajstić information content (AvgIpc) is 2.78. The zero-order chi connectivity index (χ0) is 12.3. The molecule has 1 aromatic carbocycles. The number of benzene rings is 1. The van der Waals surface area contributed by atoms with Crippen LogP contribution in [0, 0.1) is 10.1 Å². The lowest BCUT2D eigenvalue weighted by Gasteiger charge is -1.96. The normalized spacial score (nSPS) is 10.2. The van der Waals surface area contributed by atoms with Crippen LogP contribution in [0.5, 0.6) is 0 Å². The second-order valence-corrected chi connectivity index (χ2v) is 4.39. The predicted octanol–water partition coefficient (Wildman–Crippen LogP) is 3.15. The van der Waals surface area contributed by atoms with Gasteiger partial charge in [-0.15, -0.1) is 0 Å².